The van der Waals surface area contributed by atoms with Crippen molar-refractivity contribution < 1.29 is 13.5 Å². The summed E-state index contributed by atoms with van der Waals surface area (Å²) < 4.78 is 30.9. The molecule has 0 amide bonds. The molecule has 3 heteroatoms. The van der Waals surface area contributed by atoms with Crippen molar-refractivity contribution in [3.05, 3.63) is 29.8 Å². The molecule has 0 atom stereocenters. The van der Waals surface area contributed by atoms with E-state index in [2.05, 4.69) is 0 Å². The third-order valence-corrected chi connectivity index (χ3v) is 1.33. The number of hydrogen-bond donors (Lipinski definition) is 0. The zero-order valence-electron chi connectivity index (χ0n) is 7.90. The Morgan fingerprint density at radius 1 is 1.15 bits per heavy atom. The van der Waals surface area contributed by atoms with Gasteiger partial charge in [0, 0.05) is 0 Å². The van der Waals surface area contributed by atoms with E-state index in [0.29, 0.717) is 0 Å². The van der Waals surface area contributed by atoms with Crippen molar-refractivity contribution in [2.45, 2.75) is 26.4 Å². The minimum atomic E-state index is -0.933. The molecule has 0 aromatic heterocycles. The summed E-state index contributed by atoms with van der Waals surface area (Å²) in [7, 11) is 0. The Bertz CT molecular complexity index is 302. The van der Waals surface area contributed by atoms with Gasteiger partial charge in [0.15, 0.2) is 11.6 Å². The average Bonchev–Trinajstić information content (AvgIpc) is 1.96. The van der Waals surface area contributed by atoms with E-state index in [1.54, 1.807) is 20.8 Å². The van der Waals surface area contributed by atoms with E-state index < -0.39 is 17.2 Å². The molecule has 13 heavy (non-hydrogen) atoms. The third-order valence-electron chi connectivity index (χ3n) is 1.33. The van der Waals surface area contributed by atoms with Crippen LogP contribution in [0.4, 0.5) is 8.78 Å². The van der Waals surface area contributed by atoms with Crippen molar-refractivity contribution in [1.82, 2.24) is 0 Å². The van der Waals surface area contributed by atoms with Crippen LogP contribution in [0.1, 0.15) is 20.8 Å². The quantitative estimate of drug-likeness (QED) is 0.654. The Labute approximate surface area is 76.3 Å². The van der Waals surface area contributed by atoms with Crippen LogP contribution in [0, 0.1) is 11.6 Å². The minimum absolute atomic E-state index is 0.0486. The molecule has 0 saturated heterocycles. The standard InChI is InChI=1S/C10H12F2O/c1-10(2,3)13-8-6-4-5-7(11)9(8)12/h4-6H,1-3H3. The summed E-state index contributed by atoms with van der Waals surface area (Å²) in [5.41, 5.74) is -0.519. The second kappa shape index (κ2) is 3.32. The summed E-state index contributed by atoms with van der Waals surface area (Å²) in [6.07, 6.45) is 0. The van der Waals surface area contributed by atoms with Crippen molar-refractivity contribution >= 4 is 0 Å². The fraction of sp³-hybridized carbons (Fsp3) is 0.400. The normalized spacial score (nSPS) is 11.5. The van der Waals surface area contributed by atoms with Crippen LogP contribution in [0.3, 0.4) is 0 Å². The van der Waals surface area contributed by atoms with Gasteiger partial charge in [0.25, 0.3) is 0 Å². The molecule has 0 N–H and O–H groups in total. The van der Waals surface area contributed by atoms with E-state index in [1.165, 1.54) is 12.1 Å². The lowest BCUT2D eigenvalue weighted by Gasteiger charge is -2.21. The van der Waals surface area contributed by atoms with E-state index in [0.717, 1.165) is 6.07 Å². The highest BCUT2D eigenvalue weighted by Crippen LogP contribution is 2.23. The molecule has 0 heterocycles. The molecule has 1 aromatic rings. The van der Waals surface area contributed by atoms with E-state index >= 15 is 0 Å². The van der Waals surface area contributed by atoms with Crippen molar-refractivity contribution in [3.63, 3.8) is 0 Å². The maximum Gasteiger partial charge on any atom is 0.200 e. The maximum atomic E-state index is 13.0. The molecule has 1 aromatic carbocycles. The zero-order chi connectivity index (χ0) is 10.1. The lowest BCUT2D eigenvalue weighted by molar-refractivity contribution is 0.123. The van der Waals surface area contributed by atoms with Gasteiger partial charge in [0.05, 0.1) is 0 Å². The van der Waals surface area contributed by atoms with Crippen LogP contribution in [0.2, 0.25) is 0 Å². The Hall–Kier alpha value is -1.12. The molecular formula is C10H12F2O. The molecular weight excluding hydrogens is 174 g/mol. The number of ether oxygens (including phenoxy) is 1. The van der Waals surface area contributed by atoms with Crippen LogP contribution >= 0.6 is 0 Å². The Balaban J connectivity index is 2.96. The second-order valence-electron chi connectivity index (χ2n) is 3.77. The van der Waals surface area contributed by atoms with Gasteiger partial charge in [0.2, 0.25) is 5.82 Å². The first-order valence-corrected chi connectivity index (χ1v) is 4.03. The highest BCUT2D eigenvalue weighted by atomic mass is 19.2. The molecule has 0 saturated carbocycles. The monoisotopic (exact) mass is 186 g/mol. The predicted molar refractivity (Wildman–Crippen MR) is 46.7 cm³/mol. The molecule has 1 rings (SSSR count). The number of rotatable bonds is 1. The first-order valence-electron chi connectivity index (χ1n) is 4.03. The van der Waals surface area contributed by atoms with E-state index in [9.17, 15) is 8.78 Å². The maximum absolute atomic E-state index is 13.0. The first kappa shape index (κ1) is 9.96. The largest absolute Gasteiger partial charge is 0.485 e. The van der Waals surface area contributed by atoms with E-state index in [-0.39, 0.29) is 5.75 Å². The highest BCUT2D eigenvalue weighted by molar-refractivity contribution is 5.25. The van der Waals surface area contributed by atoms with Crippen LogP contribution in [0.5, 0.6) is 5.75 Å². The fourth-order valence-corrected chi connectivity index (χ4v) is 0.893. The molecule has 0 aliphatic heterocycles. The van der Waals surface area contributed by atoms with Gasteiger partial charge in [-0.05, 0) is 32.9 Å². The van der Waals surface area contributed by atoms with Crippen molar-refractivity contribution in [1.29, 1.82) is 0 Å². The van der Waals surface area contributed by atoms with Gasteiger partial charge in [-0.3, -0.25) is 0 Å². The Morgan fingerprint density at radius 2 is 1.77 bits per heavy atom. The van der Waals surface area contributed by atoms with Gasteiger partial charge < -0.3 is 4.74 Å². The molecule has 0 aliphatic rings. The van der Waals surface area contributed by atoms with Gasteiger partial charge in [-0.1, -0.05) is 6.07 Å². The Kier molecular flexibility index (Phi) is 2.55. The van der Waals surface area contributed by atoms with Crippen molar-refractivity contribution in [2.24, 2.45) is 0 Å². The number of hydrogen-bond acceptors (Lipinski definition) is 1. The van der Waals surface area contributed by atoms with E-state index in [1.807, 2.05) is 0 Å². The molecule has 0 unspecified atom stereocenters. The van der Waals surface area contributed by atoms with Gasteiger partial charge in [-0.2, -0.15) is 4.39 Å². The molecule has 0 bridgehead atoms. The number of halogens is 2. The van der Waals surface area contributed by atoms with Gasteiger partial charge in [-0.25, -0.2) is 4.39 Å². The Morgan fingerprint density at radius 3 is 2.31 bits per heavy atom. The van der Waals surface area contributed by atoms with Crippen LogP contribution < -0.4 is 4.74 Å². The lowest BCUT2D eigenvalue weighted by atomic mass is 10.2. The average molecular weight is 186 g/mol. The van der Waals surface area contributed by atoms with Crippen molar-refractivity contribution in [2.75, 3.05) is 0 Å². The smallest absolute Gasteiger partial charge is 0.200 e. The minimum Gasteiger partial charge on any atom is -0.485 e. The molecule has 0 fully saturated rings. The third kappa shape index (κ3) is 2.68. The molecule has 0 radical (unpaired) electrons. The van der Waals surface area contributed by atoms with Crippen LogP contribution in [0.25, 0.3) is 0 Å². The van der Waals surface area contributed by atoms with Gasteiger partial charge in [-0.15, -0.1) is 0 Å². The summed E-state index contributed by atoms with van der Waals surface area (Å²) in [5.74, 6) is -1.87. The van der Waals surface area contributed by atoms with E-state index in [4.69, 9.17) is 4.74 Å². The fourth-order valence-electron chi connectivity index (χ4n) is 0.893. The predicted octanol–water partition coefficient (Wildman–Crippen LogP) is 3.14. The zero-order valence-corrected chi connectivity index (χ0v) is 7.90. The second-order valence-corrected chi connectivity index (χ2v) is 3.77. The highest BCUT2D eigenvalue weighted by Gasteiger charge is 2.16. The lowest BCUT2D eigenvalue weighted by Crippen LogP contribution is -2.23. The van der Waals surface area contributed by atoms with Crippen LogP contribution in [-0.2, 0) is 0 Å². The number of benzene rings is 1. The summed E-state index contributed by atoms with van der Waals surface area (Å²) in [6, 6.07) is 3.88. The molecule has 72 valence electrons. The van der Waals surface area contributed by atoms with Crippen molar-refractivity contribution in [3.8, 4) is 5.75 Å². The topological polar surface area (TPSA) is 9.23 Å². The molecule has 1 nitrogen and oxygen atoms in total. The summed E-state index contributed by atoms with van der Waals surface area (Å²) in [6.45, 7) is 5.33. The van der Waals surface area contributed by atoms with Gasteiger partial charge in [0.1, 0.15) is 5.60 Å². The molecule has 0 spiro atoms. The first-order chi connectivity index (χ1) is 5.90. The summed E-state index contributed by atoms with van der Waals surface area (Å²) in [4.78, 5) is 0. The van der Waals surface area contributed by atoms with Crippen LogP contribution in [-0.4, -0.2) is 5.60 Å². The SMILES string of the molecule is CC(C)(C)Oc1cccc(F)c1F. The van der Waals surface area contributed by atoms with Crippen LogP contribution in [0.15, 0.2) is 18.2 Å². The molecule has 0 aliphatic carbocycles. The van der Waals surface area contributed by atoms with Gasteiger partial charge >= 0.3 is 0 Å². The summed E-state index contributed by atoms with van der Waals surface area (Å²) in [5, 5.41) is 0. The summed E-state index contributed by atoms with van der Waals surface area (Å²) >= 11 is 0.